The molecule has 3 aromatic rings. The zero-order valence-electron chi connectivity index (χ0n) is 16.4. The Kier molecular flexibility index (Phi) is 6.65. The molecule has 3 aromatic carbocycles. The zero-order chi connectivity index (χ0) is 21.7. The van der Waals surface area contributed by atoms with Gasteiger partial charge in [-0.3, -0.25) is 9.59 Å². The number of rotatable bonds is 6. The van der Waals surface area contributed by atoms with E-state index in [1.165, 1.54) is 0 Å². The number of amides is 2. The first kappa shape index (κ1) is 21.7. The lowest BCUT2D eigenvalue weighted by molar-refractivity contribution is -0.128. The molecule has 0 aliphatic carbocycles. The van der Waals surface area contributed by atoms with E-state index in [2.05, 4.69) is 10.6 Å². The van der Waals surface area contributed by atoms with E-state index in [4.69, 9.17) is 27.9 Å². The Bertz CT molecular complexity index is 1070. The molecule has 0 aromatic heterocycles. The van der Waals surface area contributed by atoms with Crippen LogP contribution in [-0.2, 0) is 4.79 Å². The Morgan fingerprint density at radius 2 is 1.47 bits per heavy atom. The molecule has 0 aliphatic rings. The number of hydrogen-bond donors (Lipinski definition) is 2. The summed E-state index contributed by atoms with van der Waals surface area (Å²) in [4.78, 5) is 25.2. The molecule has 0 saturated carbocycles. The quantitative estimate of drug-likeness (QED) is 0.488. The summed E-state index contributed by atoms with van der Waals surface area (Å²) in [5.41, 5.74) is 0.273. The van der Waals surface area contributed by atoms with Crippen LogP contribution in [0.25, 0.3) is 0 Å². The van der Waals surface area contributed by atoms with Gasteiger partial charge in [-0.2, -0.15) is 0 Å². The van der Waals surface area contributed by atoms with Crippen LogP contribution in [-0.4, -0.2) is 17.4 Å². The molecule has 30 heavy (non-hydrogen) atoms. The van der Waals surface area contributed by atoms with Crippen molar-refractivity contribution in [2.24, 2.45) is 0 Å². The van der Waals surface area contributed by atoms with Crippen molar-refractivity contribution in [3.63, 3.8) is 0 Å². The van der Waals surface area contributed by atoms with Gasteiger partial charge in [0.2, 0.25) is 0 Å². The molecule has 5 nitrogen and oxygen atoms in total. The lowest BCUT2D eigenvalue weighted by Crippen LogP contribution is -2.42. The molecule has 2 N–H and O–H groups in total. The van der Waals surface area contributed by atoms with Crippen molar-refractivity contribution in [1.82, 2.24) is 0 Å². The standard InChI is InChI=1S/C23H20Cl2N2O3/c1-23(2,30-18-12-10-15(24)11-13-18)22(29)27-17-7-5-6-16(14-17)26-21(28)19-8-3-4-9-20(19)25/h3-14H,1-2H3,(H,26,28)(H,27,29). The third-order valence-corrected chi connectivity index (χ3v) is 4.81. The van der Waals surface area contributed by atoms with Gasteiger partial charge in [-0.05, 0) is 68.4 Å². The van der Waals surface area contributed by atoms with Gasteiger partial charge in [-0.15, -0.1) is 0 Å². The Balaban J connectivity index is 1.68. The molecule has 7 heteroatoms. The average Bonchev–Trinajstić information content (AvgIpc) is 2.70. The number of hydrogen-bond acceptors (Lipinski definition) is 3. The highest BCUT2D eigenvalue weighted by Crippen LogP contribution is 2.24. The molecule has 0 bridgehead atoms. The van der Waals surface area contributed by atoms with Gasteiger partial charge < -0.3 is 15.4 Å². The highest BCUT2D eigenvalue weighted by atomic mass is 35.5. The van der Waals surface area contributed by atoms with E-state index in [0.29, 0.717) is 32.7 Å². The van der Waals surface area contributed by atoms with Gasteiger partial charge in [0, 0.05) is 16.4 Å². The van der Waals surface area contributed by atoms with Gasteiger partial charge in [0.1, 0.15) is 5.75 Å². The zero-order valence-corrected chi connectivity index (χ0v) is 17.9. The van der Waals surface area contributed by atoms with Gasteiger partial charge in [-0.1, -0.05) is 41.4 Å². The van der Waals surface area contributed by atoms with Crippen molar-refractivity contribution in [1.29, 1.82) is 0 Å². The van der Waals surface area contributed by atoms with Crippen LogP contribution >= 0.6 is 23.2 Å². The molecule has 0 atom stereocenters. The number of ether oxygens (including phenoxy) is 1. The SMILES string of the molecule is CC(C)(Oc1ccc(Cl)cc1)C(=O)Nc1cccc(NC(=O)c2ccccc2Cl)c1. The summed E-state index contributed by atoms with van der Waals surface area (Å²) < 4.78 is 5.80. The minimum atomic E-state index is -1.13. The maximum absolute atomic E-state index is 12.7. The van der Waals surface area contributed by atoms with Crippen LogP contribution in [0, 0.1) is 0 Å². The second-order valence-corrected chi connectivity index (χ2v) is 7.88. The lowest BCUT2D eigenvalue weighted by Gasteiger charge is -2.25. The van der Waals surface area contributed by atoms with Gasteiger partial charge >= 0.3 is 0 Å². The smallest absolute Gasteiger partial charge is 0.267 e. The van der Waals surface area contributed by atoms with E-state index in [1.807, 2.05) is 0 Å². The van der Waals surface area contributed by atoms with E-state index in [9.17, 15) is 9.59 Å². The summed E-state index contributed by atoms with van der Waals surface area (Å²) in [6.07, 6.45) is 0. The Hall–Kier alpha value is -3.02. The van der Waals surface area contributed by atoms with Gasteiger partial charge in [0.15, 0.2) is 5.60 Å². The summed E-state index contributed by atoms with van der Waals surface area (Å²) in [7, 11) is 0. The van der Waals surface area contributed by atoms with Crippen LogP contribution in [0.4, 0.5) is 11.4 Å². The maximum Gasteiger partial charge on any atom is 0.267 e. The molecule has 3 rings (SSSR count). The number of nitrogens with one attached hydrogen (secondary N) is 2. The van der Waals surface area contributed by atoms with Crippen molar-refractivity contribution >= 4 is 46.4 Å². The normalized spacial score (nSPS) is 10.9. The van der Waals surface area contributed by atoms with Crippen LogP contribution < -0.4 is 15.4 Å². The fraction of sp³-hybridized carbons (Fsp3) is 0.130. The Labute approximate surface area is 185 Å². The summed E-state index contributed by atoms with van der Waals surface area (Å²) in [6.45, 7) is 3.33. The first-order valence-corrected chi connectivity index (χ1v) is 9.92. The van der Waals surface area contributed by atoms with Crippen molar-refractivity contribution in [3.8, 4) is 5.75 Å². The third kappa shape index (κ3) is 5.53. The Morgan fingerprint density at radius 3 is 2.13 bits per heavy atom. The highest BCUT2D eigenvalue weighted by molar-refractivity contribution is 6.34. The van der Waals surface area contributed by atoms with Crippen LogP contribution in [0.1, 0.15) is 24.2 Å². The maximum atomic E-state index is 12.7. The van der Waals surface area contributed by atoms with E-state index >= 15 is 0 Å². The predicted octanol–water partition coefficient (Wildman–Crippen LogP) is 6.04. The fourth-order valence-electron chi connectivity index (χ4n) is 2.64. The molecule has 2 amide bonds. The van der Waals surface area contributed by atoms with E-state index < -0.39 is 5.60 Å². The van der Waals surface area contributed by atoms with Crippen molar-refractivity contribution < 1.29 is 14.3 Å². The minimum absolute atomic E-state index is 0.338. The molecule has 0 heterocycles. The molecule has 0 unspecified atom stereocenters. The number of anilines is 2. The number of carbonyl (C=O) groups is 2. The molecule has 0 radical (unpaired) electrons. The topological polar surface area (TPSA) is 67.4 Å². The van der Waals surface area contributed by atoms with Crippen LogP contribution in [0.3, 0.4) is 0 Å². The van der Waals surface area contributed by atoms with E-state index in [0.717, 1.165) is 0 Å². The minimum Gasteiger partial charge on any atom is -0.478 e. The second kappa shape index (κ2) is 9.20. The number of benzene rings is 3. The summed E-state index contributed by atoms with van der Waals surface area (Å²) in [5.74, 6) is -0.150. The van der Waals surface area contributed by atoms with Crippen molar-refractivity contribution in [2.45, 2.75) is 19.4 Å². The van der Waals surface area contributed by atoms with E-state index in [-0.39, 0.29) is 11.8 Å². The molecule has 0 aliphatic heterocycles. The summed E-state index contributed by atoms with van der Waals surface area (Å²) >= 11 is 12.0. The highest BCUT2D eigenvalue weighted by Gasteiger charge is 2.30. The van der Waals surface area contributed by atoms with Crippen molar-refractivity contribution in [2.75, 3.05) is 10.6 Å². The molecular weight excluding hydrogens is 423 g/mol. The molecule has 0 saturated heterocycles. The van der Waals surface area contributed by atoms with Crippen LogP contribution in [0.5, 0.6) is 5.75 Å². The van der Waals surface area contributed by atoms with Crippen LogP contribution in [0.2, 0.25) is 10.0 Å². The largest absolute Gasteiger partial charge is 0.478 e. The van der Waals surface area contributed by atoms with Crippen LogP contribution in [0.15, 0.2) is 72.8 Å². The first-order chi connectivity index (χ1) is 14.2. The molecular formula is C23H20Cl2N2O3. The van der Waals surface area contributed by atoms with Gasteiger partial charge in [0.25, 0.3) is 11.8 Å². The fourth-order valence-corrected chi connectivity index (χ4v) is 2.99. The third-order valence-electron chi connectivity index (χ3n) is 4.23. The lowest BCUT2D eigenvalue weighted by atomic mass is 10.1. The number of carbonyl (C=O) groups excluding carboxylic acids is 2. The van der Waals surface area contributed by atoms with Gasteiger partial charge in [0.05, 0.1) is 10.6 Å². The number of halogens is 2. The predicted molar refractivity (Wildman–Crippen MR) is 121 cm³/mol. The van der Waals surface area contributed by atoms with Crippen molar-refractivity contribution in [3.05, 3.63) is 88.4 Å². The second-order valence-electron chi connectivity index (χ2n) is 7.04. The van der Waals surface area contributed by atoms with Gasteiger partial charge in [-0.25, -0.2) is 0 Å². The first-order valence-electron chi connectivity index (χ1n) is 9.16. The molecule has 0 fully saturated rings. The molecule has 0 spiro atoms. The molecule has 154 valence electrons. The summed E-state index contributed by atoms with van der Waals surface area (Å²) in [5, 5.41) is 6.53. The Morgan fingerprint density at radius 1 is 0.833 bits per heavy atom. The summed E-state index contributed by atoms with van der Waals surface area (Å²) in [6, 6.07) is 20.4. The van der Waals surface area contributed by atoms with E-state index in [1.54, 1.807) is 86.6 Å². The average molecular weight is 443 g/mol. The monoisotopic (exact) mass is 442 g/mol.